The first kappa shape index (κ1) is 31.2. The molecular formula is C30H35F3N2O4S. The maximum absolute atomic E-state index is 12.7. The molecule has 2 N–H and O–H groups in total. The van der Waals surface area contributed by atoms with Crippen molar-refractivity contribution in [1.82, 2.24) is 10.2 Å². The number of carboxylic acids is 1. The highest BCUT2D eigenvalue weighted by atomic mass is 32.1. The van der Waals surface area contributed by atoms with E-state index in [4.69, 9.17) is 14.6 Å². The Morgan fingerprint density at radius 1 is 1.10 bits per heavy atom. The van der Waals surface area contributed by atoms with E-state index in [2.05, 4.69) is 55.3 Å². The van der Waals surface area contributed by atoms with Crippen LogP contribution in [0, 0.1) is 5.92 Å². The number of thiophene rings is 1. The van der Waals surface area contributed by atoms with Crippen molar-refractivity contribution >= 4 is 23.2 Å². The lowest BCUT2D eigenvalue weighted by Gasteiger charge is -2.20. The van der Waals surface area contributed by atoms with Crippen molar-refractivity contribution in [3.63, 3.8) is 0 Å². The number of rotatable bonds is 7. The molecule has 0 bridgehead atoms. The van der Waals surface area contributed by atoms with E-state index in [0.29, 0.717) is 5.92 Å². The number of methoxy groups -OCH3 is 1. The molecule has 1 aromatic heterocycles. The number of amides is 1. The van der Waals surface area contributed by atoms with Crippen molar-refractivity contribution in [2.75, 3.05) is 26.7 Å². The minimum Gasteiger partial charge on any atom is -0.496 e. The first-order valence-electron chi connectivity index (χ1n) is 12.9. The Labute approximate surface area is 236 Å². The van der Waals surface area contributed by atoms with Crippen LogP contribution in [0.25, 0.3) is 11.1 Å². The predicted molar refractivity (Wildman–Crippen MR) is 151 cm³/mol. The summed E-state index contributed by atoms with van der Waals surface area (Å²) in [5, 5.41) is 12.3. The Balaban J connectivity index is 0.000000559. The average Bonchev–Trinajstić information content (AvgIpc) is 3.57. The average molecular weight is 577 g/mol. The molecule has 3 aromatic rings. The molecule has 4 rings (SSSR count). The van der Waals surface area contributed by atoms with Gasteiger partial charge in [0.25, 0.3) is 5.91 Å². The van der Waals surface area contributed by atoms with Crippen molar-refractivity contribution in [3.05, 3.63) is 76.0 Å². The zero-order valence-corrected chi connectivity index (χ0v) is 23.9. The van der Waals surface area contributed by atoms with Gasteiger partial charge in [-0.15, -0.1) is 11.3 Å². The van der Waals surface area contributed by atoms with Crippen molar-refractivity contribution in [1.29, 1.82) is 0 Å². The van der Waals surface area contributed by atoms with E-state index in [-0.39, 0.29) is 11.3 Å². The fraction of sp³-hybridized carbons (Fsp3) is 0.400. The molecule has 40 heavy (non-hydrogen) atoms. The Morgan fingerprint density at radius 3 is 2.35 bits per heavy atom. The number of aliphatic carboxylic acids is 1. The van der Waals surface area contributed by atoms with E-state index in [0.717, 1.165) is 54.4 Å². The zero-order chi connectivity index (χ0) is 29.5. The number of para-hydroxylation sites is 1. The number of alkyl halides is 3. The summed E-state index contributed by atoms with van der Waals surface area (Å²) in [6.07, 6.45) is -3.96. The summed E-state index contributed by atoms with van der Waals surface area (Å²) in [6.45, 7) is 10.5. The van der Waals surface area contributed by atoms with Gasteiger partial charge >= 0.3 is 12.1 Å². The molecule has 1 fully saturated rings. The lowest BCUT2D eigenvalue weighted by molar-refractivity contribution is -0.192. The number of halogens is 3. The normalized spacial score (nSPS) is 15.7. The van der Waals surface area contributed by atoms with Crippen LogP contribution in [-0.2, 0) is 16.8 Å². The number of carbonyl (C=O) groups excluding carboxylic acids is 1. The number of nitrogens with zero attached hydrogens (tertiary/aromatic N) is 1. The summed E-state index contributed by atoms with van der Waals surface area (Å²) in [5.74, 6) is -1.43. The fourth-order valence-corrected chi connectivity index (χ4v) is 5.22. The van der Waals surface area contributed by atoms with E-state index in [1.165, 1.54) is 22.5 Å². The predicted octanol–water partition coefficient (Wildman–Crippen LogP) is 6.61. The molecule has 1 unspecified atom stereocenters. The van der Waals surface area contributed by atoms with Gasteiger partial charge in [0, 0.05) is 25.2 Å². The number of carboxylic acid groups (broad SMARTS) is 1. The van der Waals surface area contributed by atoms with Crippen molar-refractivity contribution < 1.29 is 32.6 Å². The van der Waals surface area contributed by atoms with Crippen LogP contribution in [0.3, 0.4) is 0 Å². The summed E-state index contributed by atoms with van der Waals surface area (Å²) < 4.78 is 37.2. The zero-order valence-electron chi connectivity index (χ0n) is 23.0. The fourth-order valence-electron chi connectivity index (χ4n) is 4.40. The maximum Gasteiger partial charge on any atom is 0.490 e. The van der Waals surface area contributed by atoms with E-state index in [1.54, 1.807) is 7.11 Å². The van der Waals surface area contributed by atoms with Crippen LogP contribution in [0.15, 0.2) is 60.0 Å². The third kappa shape index (κ3) is 8.82. The molecular weight excluding hydrogens is 541 g/mol. The highest BCUT2D eigenvalue weighted by Gasteiger charge is 2.38. The number of nitrogens with one attached hydrogen (secondary N) is 1. The van der Waals surface area contributed by atoms with E-state index in [1.807, 2.05) is 35.7 Å². The summed E-state index contributed by atoms with van der Waals surface area (Å²) in [6, 6.07) is 18.9. The Hall–Kier alpha value is -3.37. The molecule has 1 amide bonds. The van der Waals surface area contributed by atoms with E-state index < -0.39 is 12.1 Å². The van der Waals surface area contributed by atoms with Gasteiger partial charge in [0.05, 0.1) is 12.0 Å². The quantitative estimate of drug-likeness (QED) is 0.331. The third-order valence-corrected chi connectivity index (χ3v) is 7.56. The molecule has 0 aliphatic carbocycles. The molecule has 2 heterocycles. The van der Waals surface area contributed by atoms with Gasteiger partial charge in [0.2, 0.25) is 0 Å². The summed E-state index contributed by atoms with van der Waals surface area (Å²) in [5.41, 5.74) is 4.95. The van der Waals surface area contributed by atoms with Gasteiger partial charge in [-0.3, -0.25) is 9.69 Å². The number of hydrogen-bond donors (Lipinski definition) is 2. The van der Waals surface area contributed by atoms with Crippen LogP contribution >= 0.6 is 11.3 Å². The van der Waals surface area contributed by atoms with Crippen molar-refractivity contribution in [3.8, 4) is 16.9 Å². The molecule has 1 aliphatic rings. The number of benzene rings is 2. The lowest BCUT2D eigenvalue weighted by atomic mass is 9.87. The second-order valence-electron chi connectivity index (χ2n) is 10.7. The van der Waals surface area contributed by atoms with Gasteiger partial charge in [-0.1, -0.05) is 63.2 Å². The molecule has 1 aliphatic heterocycles. The first-order valence-corrected chi connectivity index (χ1v) is 13.8. The molecule has 0 spiro atoms. The topological polar surface area (TPSA) is 78.9 Å². The van der Waals surface area contributed by atoms with Gasteiger partial charge in [0.15, 0.2) is 0 Å². The van der Waals surface area contributed by atoms with Crippen LogP contribution in [0.5, 0.6) is 5.75 Å². The molecule has 6 nitrogen and oxygen atoms in total. The number of likely N-dealkylation sites (tertiary alicyclic amines) is 1. The van der Waals surface area contributed by atoms with Crippen LogP contribution in [-0.4, -0.2) is 54.8 Å². The van der Waals surface area contributed by atoms with Crippen LogP contribution in [0.2, 0.25) is 0 Å². The molecule has 0 saturated carbocycles. The SMILES string of the molecule is COc1ccccc1-c1csc(C(=O)NCC2CCN(Cc3ccc(C(C)(C)C)cc3)C2)c1.O=C(O)C(F)(F)F. The maximum atomic E-state index is 12.7. The largest absolute Gasteiger partial charge is 0.496 e. The Bertz CT molecular complexity index is 1280. The summed E-state index contributed by atoms with van der Waals surface area (Å²) in [4.78, 5) is 24.9. The Kier molecular flexibility index (Phi) is 10.4. The van der Waals surface area contributed by atoms with Crippen molar-refractivity contribution in [2.45, 2.75) is 45.3 Å². The van der Waals surface area contributed by atoms with Gasteiger partial charge < -0.3 is 15.2 Å². The standard InChI is InChI=1S/C28H34N2O2S.C2HF3O2/c1-28(2,3)23-11-9-20(10-12-23)17-30-14-13-21(18-30)16-29-27(31)26-15-22(19-33-26)24-7-5-6-8-25(24)32-4;3-2(4,5)1(6)7/h5-12,15,19,21H,13-14,16-18H2,1-4H3,(H,29,31);(H,6,7). The van der Waals surface area contributed by atoms with Gasteiger partial charge in [-0.2, -0.15) is 13.2 Å². The van der Waals surface area contributed by atoms with Gasteiger partial charge in [-0.25, -0.2) is 4.79 Å². The molecule has 216 valence electrons. The second kappa shape index (κ2) is 13.3. The molecule has 2 aromatic carbocycles. The smallest absolute Gasteiger partial charge is 0.490 e. The lowest BCUT2D eigenvalue weighted by Crippen LogP contribution is -2.30. The minimum atomic E-state index is -5.08. The van der Waals surface area contributed by atoms with Gasteiger partial charge in [0.1, 0.15) is 5.75 Å². The third-order valence-electron chi connectivity index (χ3n) is 6.63. The first-order chi connectivity index (χ1) is 18.8. The van der Waals surface area contributed by atoms with Gasteiger partial charge in [-0.05, 0) is 58.5 Å². The molecule has 1 saturated heterocycles. The van der Waals surface area contributed by atoms with E-state index in [9.17, 15) is 18.0 Å². The second-order valence-corrected chi connectivity index (χ2v) is 11.7. The molecule has 10 heteroatoms. The number of ether oxygens (including phenoxy) is 1. The van der Waals surface area contributed by atoms with Crippen LogP contribution < -0.4 is 10.1 Å². The number of carbonyl (C=O) groups is 2. The summed E-state index contributed by atoms with van der Waals surface area (Å²) in [7, 11) is 1.67. The highest BCUT2D eigenvalue weighted by molar-refractivity contribution is 7.12. The molecule has 1 atom stereocenters. The molecule has 0 radical (unpaired) electrons. The number of hydrogen-bond acceptors (Lipinski definition) is 5. The van der Waals surface area contributed by atoms with E-state index >= 15 is 0 Å². The monoisotopic (exact) mass is 576 g/mol. The summed E-state index contributed by atoms with van der Waals surface area (Å²) >= 11 is 1.48. The minimum absolute atomic E-state index is 0.0115. The highest BCUT2D eigenvalue weighted by Crippen LogP contribution is 2.33. The van der Waals surface area contributed by atoms with Crippen molar-refractivity contribution in [2.24, 2.45) is 5.92 Å². The van der Waals surface area contributed by atoms with Crippen LogP contribution in [0.1, 0.15) is 48.0 Å². The Morgan fingerprint density at radius 2 is 1.75 bits per heavy atom. The van der Waals surface area contributed by atoms with Crippen LogP contribution in [0.4, 0.5) is 13.2 Å².